The third kappa shape index (κ3) is 5.30. The van der Waals surface area contributed by atoms with Gasteiger partial charge in [-0.3, -0.25) is 0 Å². The summed E-state index contributed by atoms with van der Waals surface area (Å²) >= 11 is 0. The molecule has 5 nitrogen and oxygen atoms in total. The zero-order valence-electron chi connectivity index (χ0n) is 10.0. The fourth-order valence-corrected chi connectivity index (χ4v) is 2.30. The Morgan fingerprint density at radius 2 is 1.67 bits per heavy atom. The van der Waals surface area contributed by atoms with Gasteiger partial charge in [-0.2, -0.15) is 0 Å². The smallest absolute Gasteiger partial charge is 0.417 e. The molecule has 0 atom stereocenters. The van der Waals surface area contributed by atoms with Gasteiger partial charge < -0.3 is 14.3 Å². The second kappa shape index (κ2) is 5.64. The fraction of sp³-hybridized carbons (Fsp3) is 0.889. The summed E-state index contributed by atoms with van der Waals surface area (Å²) in [5.74, 6) is 1.00. The lowest BCUT2D eigenvalue weighted by molar-refractivity contribution is -0.529. The summed E-state index contributed by atoms with van der Waals surface area (Å²) in [7, 11) is -3.38. The maximum atomic E-state index is 11.9. The molecule has 90 valence electrons. The number of nitrogens with zero attached hydrogens (tertiary/aromatic N) is 1. The highest BCUT2D eigenvalue weighted by Gasteiger charge is 2.29. The average molecular weight is 237 g/mol. The molecule has 0 heterocycles. The first kappa shape index (κ1) is 14.6. The van der Waals surface area contributed by atoms with Crippen LogP contribution in [0.4, 0.5) is 0 Å². The molecule has 15 heavy (non-hydrogen) atoms. The molecule has 0 fully saturated rings. The van der Waals surface area contributed by atoms with E-state index in [9.17, 15) is 9.77 Å². The minimum absolute atomic E-state index is 0.242. The van der Waals surface area contributed by atoms with Gasteiger partial charge in [0, 0.05) is 20.8 Å². The number of hydroxylamine groups is 1. The molecule has 0 radical (unpaired) electrons. The Morgan fingerprint density at radius 3 is 1.93 bits per heavy atom. The van der Waals surface area contributed by atoms with Crippen LogP contribution in [-0.2, 0) is 13.6 Å². The summed E-state index contributed by atoms with van der Waals surface area (Å²) in [4.78, 5) is 0. The molecular weight excluding hydrogens is 217 g/mol. The topological polar surface area (TPSA) is 61.6 Å². The second-order valence-corrected chi connectivity index (χ2v) is 5.81. The minimum Gasteiger partial charge on any atom is -0.623 e. The first-order valence-corrected chi connectivity index (χ1v) is 6.57. The van der Waals surface area contributed by atoms with Crippen molar-refractivity contribution >= 4 is 13.6 Å². The summed E-state index contributed by atoms with van der Waals surface area (Å²) in [6, 6.07) is 0. The highest BCUT2D eigenvalue weighted by molar-refractivity contribution is 7.69. The van der Waals surface area contributed by atoms with E-state index >= 15 is 0 Å². The van der Waals surface area contributed by atoms with Crippen molar-refractivity contribution in [1.29, 1.82) is 0 Å². The van der Waals surface area contributed by atoms with Crippen molar-refractivity contribution in [2.75, 3.05) is 13.2 Å². The van der Waals surface area contributed by atoms with E-state index in [-0.39, 0.29) is 13.2 Å². The van der Waals surface area contributed by atoms with Gasteiger partial charge in [0.1, 0.15) is 0 Å². The molecular formula is C9H20NO4P. The zero-order chi connectivity index (χ0) is 12.1. The van der Waals surface area contributed by atoms with Gasteiger partial charge in [0.25, 0.3) is 5.96 Å². The van der Waals surface area contributed by atoms with E-state index in [1.54, 1.807) is 34.6 Å². The molecule has 0 aliphatic heterocycles. The molecule has 0 unspecified atom stereocenters. The van der Waals surface area contributed by atoms with Crippen LogP contribution in [0.3, 0.4) is 0 Å². The van der Waals surface area contributed by atoms with Crippen molar-refractivity contribution < 1.29 is 18.4 Å². The van der Waals surface area contributed by atoms with Gasteiger partial charge in [0.15, 0.2) is 5.54 Å². The normalized spacial score (nSPS) is 14.3. The van der Waals surface area contributed by atoms with E-state index in [1.807, 2.05) is 0 Å². The van der Waals surface area contributed by atoms with Crippen LogP contribution in [0.25, 0.3) is 0 Å². The van der Waals surface area contributed by atoms with Gasteiger partial charge in [-0.15, -0.1) is 0 Å². The molecule has 0 rings (SSSR count). The quantitative estimate of drug-likeness (QED) is 0.242. The summed E-state index contributed by atoms with van der Waals surface area (Å²) in [5, 5.41) is 11.6. The van der Waals surface area contributed by atoms with Crippen LogP contribution >= 0.6 is 7.60 Å². The fourth-order valence-electron chi connectivity index (χ4n) is 0.765. The van der Waals surface area contributed by atoms with E-state index in [2.05, 4.69) is 0 Å². The predicted octanol–water partition coefficient (Wildman–Crippen LogP) is 2.59. The van der Waals surface area contributed by atoms with Crippen LogP contribution in [0, 0.1) is 5.21 Å². The van der Waals surface area contributed by atoms with E-state index < -0.39 is 13.1 Å². The highest BCUT2D eigenvalue weighted by atomic mass is 31.2. The largest absolute Gasteiger partial charge is 0.623 e. The van der Waals surface area contributed by atoms with Crippen LogP contribution in [0.2, 0.25) is 0 Å². The maximum absolute atomic E-state index is 11.9. The Bertz CT molecular complexity index is 260. The molecule has 0 bridgehead atoms. The van der Waals surface area contributed by atoms with Crippen LogP contribution in [0.5, 0.6) is 0 Å². The third-order valence-electron chi connectivity index (χ3n) is 1.53. The van der Waals surface area contributed by atoms with Crippen LogP contribution < -0.4 is 0 Å². The molecule has 0 aliphatic rings. The monoisotopic (exact) mass is 237 g/mol. The van der Waals surface area contributed by atoms with E-state index in [0.717, 1.165) is 5.96 Å². The number of hydrogen-bond donors (Lipinski definition) is 0. The summed E-state index contributed by atoms with van der Waals surface area (Å²) in [5.41, 5.74) is -0.649. The summed E-state index contributed by atoms with van der Waals surface area (Å²) < 4.78 is 22.5. The average Bonchev–Trinajstić information content (AvgIpc) is 2.02. The van der Waals surface area contributed by atoms with Gasteiger partial charge in [0.05, 0.1) is 13.2 Å². The molecule has 0 saturated heterocycles. The lowest BCUT2D eigenvalue weighted by atomic mass is 10.1. The van der Waals surface area contributed by atoms with Crippen molar-refractivity contribution in [2.24, 2.45) is 0 Å². The van der Waals surface area contributed by atoms with Gasteiger partial charge in [-0.05, 0) is 13.8 Å². The number of hydrogen-bond acceptors (Lipinski definition) is 4. The molecule has 0 saturated carbocycles. The van der Waals surface area contributed by atoms with Crippen molar-refractivity contribution in [3.8, 4) is 0 Å². The minimum atomic E-state index is -3.38. The predicted molar refractivity (Wildman–Crippen MR) is 60.3 cm³/mol. The Balaban J connectivity index is 4.89. The highest BCUT2D eigenvalue weighted by Crippen LogP contribution is 2.45. The van der Waals surface area contributed by atoms with Gasteiger partial charge in [-0.25, -0.2) is 9.30 Å². The van der Waals surface area contributed by atoms with Crippen molar-refractivity contribution in [3.05, 3.63) is 5.21 Å². The third-order valence-corrected chi connectivity index (χ3v) is 3.25. The van der Waals surface area contributed by atoms with Crippen molar-refractivity contribution in [1.82, 2.24) is 0 Å². The Hall–Kier alpha value is -0.380. The summed E-state index contributed by atoms with van der Waals surface area (Å²) in [6.07, 6.45) is 0. The molecule has 0 aromatic rings. The molecule has 0 aliphatic carbocycles. The molecule has 0 N–H and O–H groups in total. The second-order valence-electron chi connectivity index (χ2n) is 3.99. The SMILES string of the molecule is CCOP(=O)(/C=[N+](\[O-])C(C)(C)C)OCC. The van der Waals surface area contributed by atoms with Crippen molar-refractivity contribution in [3.63, 3.8) is 0 Å². The lowest BCUT2D eigenvalue weighted by Gasteiger charge is -2.20. The van der Waals surface area contributed by atoms with E-state index in [1.165, 1.54) is 0 Å². The molecule has 0 amide bonds. The van der Waals surface area contributed by atoms with Gasteiger partial charge in [0.2, 0.25) is 0 Å². The number of rotatable bonds is 5. The van der Waals surface area contributed by atoms with Crippen LogP contribution in [-0.4, -0.2) is 29.4 Å². The first-order chi connectivity index (χ1) is 6.75. The Labute approximate surface area is 91.2 Å². The first-order valence-electron chi connectivity index (χ1n) is 4.96. The summed E-state index contributed by atoms with van der Waals surface area (Å²) in [6.45, 7) is 9.05. The van der Waals surface area contributed by atoms with E-state index in [4.69, 9.17) is 9.05 Å². The lowest BCUT2D eigenvalue weighted by Crippen LogP contribution is -2.29. The standard InChI is InChI=1S/C9H20NO4P/c1-6-13-15(12,14-7-2)8-10(11)9(3,4)5/h8H,6-7H2,1-5H3/b10-8-. The van der Waals surface area contributed by atoms with Crippen LogP contribution in [0.15, 0.2) is 0 Å². The Morgan fingerprint density at radius 1 is 1.27 bits per heavy atom. The van der Waals surface area contributed by atoms with E-state index in [0.29, 0.717) is 4.74 Å². The molecule has 0 aromatic carbocycles. The molecule has 0 spiro atoms. The van der Waals surface area contributed by atoms with Crippen LogP contribution in [0.1, 0.15) is 34.6 Å². The molecule has 0 aromatic heterocycles. The van der Waals surface area contributed by atoms with Gasteiger partial charge >= 0.3 is 7.60 Å². The Kier molecular flexibility index (Phi) is 5.49. The zero-order valence-corrected chi connectivity index (χ0v) is 10.9. The van der Waals surface area contributed by atoms with Crippen molar-refractivity contribution in [2.45, 2.75) is 40.2 Å². The molecule has 6 heteroatoms. The maximum Gasteiger partial charge on any atom is 0.417 e. The van der Waals surface area contributed by atoms with Gasteiger partial charge in [-0.1, -0.05) is 0 Å².